The summed E-state index contributed by atoms with van der Waals surface area (Å²) in [5.74, 6) is 0.348. The van der Waals surface area contributed by atoms with Crippen LogP contribution in [0.1, 0.15) is 38.7 Å². The first-order valence-corrected chi connectivity index (χ1v) is 9.25. The number of fused-ring (bicyclic) bond motifs is 2. The van der Waals surface area contributed by atoms with Gasteiger partial charge in [0.1, 0.15) is 11.2 Å². The number of ether oxygens (including phenoxy) is 1. The molecule has 0 heterocycles. The smallest absolute Gasteiger partial charge is 0.325 e. The Balaban J connectivity index is 1.51. The molecule has 0 saturated heterocycles. The third-order valence-electron chi connectivity index (χ3n) is 6.36. The van der Waals surface area contributed by atoms with E-state index in [0.717, 1.165) is 17.5 Å². The van der Waals surface area contributed by atoms with E-state index in [-0.39, 0.29) is 11.7 Å². The highest BCUT2D eigenvalue weighted by molar-refractivity contribution is 6.09. The van der Waals surface area contributed by atoms with Crippen LogP contribution in [-0.4, -0.2) is 11.8 Å². The number of benzene rings is 2. The number of hydrogen-bond donors (Lipinski definition) is 0. The molecule has 2 unspecified atom stereocenters. The Bertz CT molecular complexity index is 951. The molecule has 2 aromatic rings. The van der Waals surface area contributed by atoms with Crippen molar-refractivity contribution in [2.45, 2.75) is 33.1 Å². The van der Waals surface area contributed by atoms with Crippen LogP contribution in [0.15, 0.2) is 48.5 Å². The zero-order valence-electron chi connectivity index (χ0n) is 15.5. The van der Waals surface area contributed by atoms with E-state index in [1.165, 1.54) is 0 Å². The Kier molecular flexibility index (Phi) is 3.92. The van der Waals surface area contributed by atoms with Gasteiger partial charge in [-0.15, -0.1) is 0 Å². The van der Waals surface area contributed by atoms with Gasteiger partial charge >= 0.3 is 5.97 Å². The average molecular weight is 359 g/mol. The summed E-state index contributed by atoms with van der Waals surface area (Å²) in [5, 5.41) is 8.88. The fourth-order valence-electron chi connectivity index (χ4n) is 4.61. The number of nitriles is 1. The highest BCUT2D eigenvalue weighted by Crippen LogP contribution is 2.60. The van der Waals surface area contributed by atoms with Crippen molar-refractivity contribution in [2.75, 3.05) is 0 Å². The lowest BCUT2D eigenvalue weighted by molar-refractivity contribution is -0.153. The third kappa shape index (κ3) is 2.66. The van der Waals surface area contributed by atoms with Crippen LogP contribution >= 0.6 is 0 Å². The highest BCUT2D eigenvalue weighted by Gasteiger charge is 2.66. The Morgan fingerprint density at radius 1 is 1.07 bits per heavy atom. The van der Waals surface area contributed by atoms with Gasteiger partial charge in [-0.1, -0.05) is 38.1 Å². The van der Waals surface area contributed by atoms with Crippen LogP contribution in [0, 0.1) is 28.1 Å². The number of esters is 1. The minimum Gasteiger partial charge on any atom is -0.426 e. The predicted molar refractivity (Wildman–Crippen MR) is 101 cm³/mol. The van der Waals surface area contributed by atoms with E-state index < -0.39 is 16.8 Å². The molecule has 0 aromatic heterocycles. The Hall–Kier alpha value is -2.93. The van der Waals surface area contributed by atoms with Gasteiger partial charge in [0.15, 0.2) is 5.78 Å². The lowest BCUT2D eigenvalue weighted by atomic mass is 9.71. The minimum atomic E-state index is -0.958. The zero-order chi connectivity index (χ0) is 19.2. The third-order valence-corrected chi connectivity index (χ3v) is 6.36. The van der Waals surface area contributed by atoms with Crippen LogP contribution in [0.25, 0.3) is 11.1 Å². The molecular formula is C23H21NO3. The predicted octanol–water partition coefficient (Wildman–Crippen LogP) is 4.53. The number of rotatable bonds is 3. The van der Waals surface area contributed by atoms with Crippen molar-refractivity contribution in [3.63, 3.8) is 0 Å². The van der Waals surface area contributed by atoms with Gasteiger partial charge in [0.2, 0.25) is 0 Å². The molecule has 0 N–H and O–H groups in total. The van der Waals surface area contributed by atoms with Crippen LogP contribution in [0.4, 0.5) is 0 Å². The van der Waals surface area contributed by atoms with E-state index in [1.807, 2.05) is 38.1 Å². The second-order valence-electron chi connectivity index (χ2n) is 8.18. The van der Waals surface area contributed by atoms with Crippen molar-refractivity contribution < 1.29 is 14.3 Å². The standard InChI is InChI=1S/C23H21NO3/c1-22(2)18-11-12-23(13-18,20(22)25)21(26)27-19-9-7-17(8-10-19)16-5-3-15(14-24)4-6-16/h3-10,18H,11-13H2,1-2H3. The number of hydrogen-bond acceptors (Lipinski definition) is 4. The Labute approximate surface area is 158 Å². The van der Waals surface area contributed by atoms with E-state index in [0.29, 0.717) is 24.2 Å². The molecule has 27 heavy (non-hydrogen) atoms. The maximum Gasteiger partial charge on any atom is 0.325 e. The van der Waals surface area contributed by atoms with Crippen LogP contribution < -0.4 is 4.74 Å². The largest absolute Gasteiger partial charge is 0.426 e. The maximum atomic E-state index is 12.8. The maximum absolute atomic E-state index is 12.8. The van der Waals surface area contributed by atoms with E-state index in [4.69, 9.17) is 10.00 Å². The number of Topliss-reactive ketones (excluding diaryl/α,β-unsaturated/α-hetero) is 1. The summed E-state index contributed by atoms with van der Waals surface area (Å²) < 4.78 is 5.61. The Morgan fingerprint density at radius 3 is 2.19 bits per heavy atom. The summed E-state index contributed by atoms with van der Waals surface area (Å²) in [6, 6.07) is 16.7. The average Bonchev–Trinajstić information content (AvgIpc) is 3.22. The SMILES string of the molecule is CC1(C)C(=O)C2(C(=O)Oc3ccc(-c4ccc(C#N)cc4)cc3)CCC1C2. The molecule has 2 bridgehead atoms. The van der Waals surface area contributed by atoms with Gasteiger partial charge in [-0.3, -0.25) is 9.59 Å². The van der Waals surface area contributed by atoms with Gasteiger partial charge in [0.25, 0.3) is 0 Å². The fourth-order valence-corrected chi connectivity index (χ4v) is 4.61. The van der Waals surface area contributed by atoms with Crippen molar-refractivity contribution in [1.82, 2.24) is 0 Å². The summed E-state index contributed by atoms with van der Waals surface area (Å²) in [5.41, 5.74) is 1.17. The number of nitrogens with zero attached hydrogens (tertiary/aromatic N) is 1. The second kappa shape index (κ2) is 6.06. The molecule has 4 nitrogen and oxygen atoms in total. The summed E-state index contributed by atoms with van der Waals surface area (Å²) in [4.78, 5) is 25.7. The van der Waals surface area contributed by atoms with Gasteiger partial charge in [0.05, 0.1) is 11.6 Å². The van der Waals surface area contributed by atoms with Crippen molar-refractivity contribution in [3.05, 3.63) is 54.1 Å². The second-order valence-corrected chi connectivity index (χ2v) is 8.18. The molecule has 0 aliphatic heterocycles. The molecule has 2 saturated carbocycles. The summed E-state index contributed by atoms with van der Waals surface area (Å²) in [6.07, 6.45) is 2.12. The molecule has 4 rings (SSSR count). The highest BCUT2D eigenvalue weighted by atomic mass is 16.5. The number of ketones is 1. The van der Waals surface area contributed by atoms with Crippen molar-refractivity contribution in [1.29, 1.82) is 5.26 Å². The first-order chi connectivity index (χ1) is 12.9. The van der Waals surface area contributed by atoms with E-state index in [2.05, 4.69) is 6.07 Å². The molecule has 4 heteroatoms. The normalized spacial score (nSPS) is 25.2. The van der Waals surface area contributed by atoms with Crippen molar-refractivity contribution in [3.8, 4) is 22.9 Å². The molecule has 0 amide bonds. The van der Waals surface area contributed by atoms with E-state index >= 15 is 0 Å². The molecule has 2 aliphatic carbocycles. The molecule has 2 aromatic carbocycles. The van der Waals surface area contributed by atoms with Crippen LogP contribution in [0.2, 0.25) is 0 Å². The summed E-state index contributed by atoms with van der Waals surface area (Å²) >= 11 is 0. The van der Waals surface area contributed by atoms with Gasteiger partial charge in [-0.05, 0) is 60.6 Å². The molecule has 136 valence electrons. The molecule has 0 spiro atoms. The van der Waals surface area contributed by atoms with Gasteiger partial charge in [0, 0.05) is 5.41 Å². The number of carbonyl (C=O) groups excluding carboxylic acids is 2. The summed E-state index contributed by atoms with van der Waals surface area (Å²) in [7, 11) is 0. The topological polar surface area (TPSA) is 67.2 Å². The van der Waals surface area contributed by atoms with Crippen LogP contribution in [0.5, 0.6) is 5.75 Å². The van der Waals surface area contributed by atoms with Crippen molar-refractivity contribution in [2.24, 2.45) is 16.7 Å². The molecule has 2 atom stereocenters. The fraction of sp³-hybridized carbons (Fsp3) is 0.348. The molecule has 2 fully saturated rings. The molecule has 0 radical (unpaired) electrons. The van der Waals surface area contributed by atoms with E-state index in [9.17, 15) is 9.59 Å². The van der Waals surface area contributed by atoms with Crippen LogP contribution in [0.3, 0.4) is 0 Å². The first-order valence-electron chi connectivity index (χ1n) is 9.25. The van der Waals surface area contributed by atoms with Gasteiger partial charge in [-0.25, -0.2) is 0 Å². The van der Waals surface area contributed by atoms with E-state index in [1.54, 1.807) is 24.3 Å². The first kappa shape index (κ1) is 17.5. The number of carbonyl (C=O) groups is 2. The quantitative estimate of drug-likeness (QED) is 0.459. The lowest BCUT2D eigenvalue weighted by Crippen LogP contribution is -2.43. The zero-order valence-corrected chi connectivity index (χ0v) is 15.5. The Morgan fingerprint density at radius 2 is 1.67 bits per heavy atom. The lowest BCUT2D eigenvalue weighted by Gasteiger charge is -2.31. The molecule has 2 aliphatic rings. The van der Waals surface area contributed by atoms with Crippen LogP contribution in [-0.2, 0) is 9.59 Å². The molecular weight excluding hydrogens is 338 g/mol. The monoisotopic (exact) mass is 359 g/mol. The summed E-state index contributed by atoms with van der Waals surface area (Å²) in [6.45, 7) is 3.89. The van der Waals surface area contributed by atoms with Gasteiger partial charge < -0.3 is 4.74 Å². The van der Waals surface area contributed by atoms with Crippen molar-refractivity contribution >= 4 is 11.8 Å². The van der Waals surface area contributed by atoms with Gasteiger partial charge in [-0.2, -0.15) is 5.26 Å². The minimum absolute atomic E-state index is 0.0328.